The number of hydrogen-bond acceptors (Lipinski definition) is 5. The van der Waals surface area contributed by atoms with Crippen LogP contribution < -0.4 is 16.4 Å². The smallest absolute Gasteiger partial charge is 0.255 e. The van der Waals surface area contributed by atoms with E-state index in [1.807, 2.05) is 19.1 Å². The van der Waals surface area contributed by atoms with Crippen molar-refractivity contribution in [3.05, 3.63) is 34.9 Å². The van der Waals surface area contributed by atoms with Crippen LogP contribution in [0.2, 0.25) is 0 Å². The average Bonchev–Trinajstić information content (AvgIpc) is 2.89. The second-order valence-corrected chi connectivity index (χ2v) is 6.79. The molecule has 7 heteroatoms. The molecule has 1 aromatic rings. The van der Waals surface area contributed by atoms with Gasteiger partial charge in [0.2, 0.25) is 11.8 Å². The predicted molar refractivity (Wildman–Crippen MR) is 92.5 cm³/mol. The molecule has 4 N–H and O–H groups in total. The van der Waals surface area contributed by atoms with E-state index in [1.54, 1.807) is 11.0 Å². The van der Waals surface area contributed by atoms with Crippen molar-refractivity contribution in [1.29, 1.82) is 0 Å². The topological polar surface area (TPSA) is 105 Å². The molecular weight excluding hydrogens is 320 g/mol. The normalized spacial score (nSPS) is 21.3. The van der Waals surface area contributed by atoms with Gasteiger partial charge in [-0.1, -0.05) is 12.1 Å². The second-order valence-electron chi connectivity index (χ2n) is 6.79. The van der Waals surface area contributed by atoms with E-state index in [9.17, 15) is 14.4 Å². The molecule has 1 fully saturated rings. The van der Waals surface area contributed by atoms with Crippen LogP contribution in [0.5, 0.6) is 0 Å². The molecule has 0 aromatic heterocycles. The highest BCUT2D eigenvalue weighted by Gasteiger charge is 2.39. The fraction of sp³-hybridized carbons (Fsp3) is 0.500. The summed E-state index contributed by atoms with van der Waals surface area (Å²) in [6.45, 7) is 3.85. The maximum absolute atomic E-state index is 12.7. The number of benzene rings is 1. The monoisotopic (exact) mass is 344 g/mol. The lowest BCUT2D eigenvalue weighted by Gasteiger charge is -2.29. The minimum absolute atomic E-state index is 0.137. The van der Waals surface area contributed by atoms with Gasteiger partial charge in [0.25, 0.3) is 5.91 Å². The van der Waals surface area contributed by atoms with Crippen LogP contribution in [0.1, 0.15) is 47.7 Å². The van der Waals surface area contributed by atoms with Gasteiger partial charge in [-0.15, -0.1) is 0 Å². The molecule has 0 spiro atoms. The number of nitrogens with one attached hydrogen (secondary N) is 2. The first-order valence-corrected chi connectivity index (χ1v) is 8.69. The zero-order chi connectivity index (χ0) is 18.0. The highest BCUT2D eigenvalue weighted by molar-refractivity contribution is 6.05. The lowest BCUT2D eigenvalue weighted by molar-refractivity contribution is -0.136. The average molecular weight is 344 g/mol. The van der Waals surface area contributed by atoms with Crippen LogP contribution in [0, 0.1) is 0 Å². The molecule has 3 rings (SSSR count). The Bertz CT molecular complexity index is 702. The molecular formula is C18H24N4O3. The molecule has 134 valence electrons. The van der Waals surface area contributed by atoms with Gasteiger partial charge in [-0.05, 0) is 43.5 Å². The van der Waals surface area contributed by atoms with Crippen LogP contribution in [0.25, 0.3) is 0 Å². The molecule has 1 unspecified atom stereocenters. The van der Waals surface area contributed by atoms with E-state index in [1.165, 1.54) is 0 Å². The number of imide groups is 1. The molecule has 0 radical (unpaired) electrons. The zero-order valence-electron chi connectivity index (χ0n) is 14.4. The van der Waals surface area contributed by atoms with Gasteiger partial charge in [-0.2, -0.15) is 0 Å². The Morgan fingerprint density at radius 3 is 2.88 bits per heavy atom. The SMILES string of the molecule is C[C@@H](N)CCNCc1cccc2c1CN(C1CCC(=O)NC1=O)C2=O. The summed E-state index contributed by atoms with van der Waals surface area (Å²) in [7, 11) is 0. The van der Waals surface area contributed by atoms with Crippen molar-refractivity contribution in [1.82, 2.24) is 15.5 Å². The number of piperidine rings is 1. The largest absolute Gasteiger partial charge is 0.328 e. The minimum Gasteiger partial charge on any atom is -0.328 e. The molecule has 0 aliphatic carbocycles. The third kappa shape index (κ3) is 3.72. The minimum atomic E-state index is -0.573. The molecule has 2 atom stereocenters. The van der Waals surface area contributed by atoms with Crippen molar-refractivity contribution in [3.63, 3.8) is 0 Å². The summed E-state index contributed by atoms with van der Waals surface area (Å²) in [5, 5.41) is 5.68. The standard InChI is InChI=1S/C18H24N4O3/c1-11(19)7-8-20-9-12-3-2-4-13-14(12)10-22(18(13)25)15-5-6-16(23)21-17(15)24/h2-4,11,15,20H,5-10,19H2,1H3,(H,21,23,24)/t11-,15?/m1/s1. The quantitative estimate of drug-likeness (QED) is 0.508. The number of carbonyl (C=O) groups is 3. The second kappa shape index (κ2) is 7.33. The van der Waals surface area contributed by atoms with Crippen LogP contribution in [-0.4, -0.2) is 41.2 Å². The van der Waals surface area contributed by atoms with Gasteiger partial charge in [-0.25, -0.2) is 0 Å². The molecule has 7 nitrogen and oxygen atoms in total. The summed E-state index contributed by atoms with van der Waals surface area (Å²) in [6, 6.07) is 5.25. The van der Waals surface area contributed by atoms with E-state index in [4.69, 9.17) is 5.73 Å². The summed E-state index contributed by atoms with van der Waals surface area (Å²) in [6.07, 6.45) is 1.53. The lowest BCUT2D eigenvalue weighted by Crippen LogP contribution is -2.52. The summed E-state index contributed by atoms with van der Waals surface area (Å²) in [5.41, 5.74) is 8.42. The van der Waals surface area contributed by atoms with E-state index in [0.717, 1.165) is 24.1 Å². The van der Waals surface area contributed by atoms with Gasteiger partial charge < -0.3 is 16.0 Å². The summed E-state index contributed by atoms with van der Waals surface area (Å²) >= 11 is 0. The van der Waals surface area contributed by atoms with Crippen LogP contribution in [0.3, 0.4) is 0 Å². The van der Waals surface area contributed by atoms with Gasteiger partial charge >= 0.3 is 0 Å². The fourth-order valence-corrected chi connectivity index (χ4v) is 3.37. The molecule has 0 saturated carbocycles. The Kier molecular flexibility index (Phi) is 5.15. The van der Waals surface area contributed by atoms with E-state index in [0.29, 0.717) is 25.1 Å². The number of fused-ring (bicyclic) bond motifs is 1. The van der Waals surface area contributed by atoms with E-state index < -0.39 is 6.04 Å². The van der Waals surface area contributed by atoms with Crippen molar-refractivity contribution in [3.8, 4) is 0 Å². The molecule has 1 aromatic carbocycles. The summed E-state index contributed by atoms with van der Waals surface area (Å²) in [5.74, 6) is -0.791. The maximum Gasteiger partial charge on any atom is 0.255 e. The summed E-state index contributed by atoms with van der Waals surface area (Å²) < 4.78 is 0. The van der Waals surface area contributed by atoms with Crippen LogP contribution in [0.15, 0.2) is 18.2 Å². The van der Waals surface area contributed by atoms with Crippen LogP contribution >= 0.6 is 0 Å². The number of amides is 3. The van der Waals surface area contributed by atoms with Crippen molar-refractivity contribution in [2.24, 2.45) is 5.73 Å². The third-order valence-electron chi connectivity index (χ3n) is 4.77. The number of nitrogens with two attached hydrogens (primary N) is 1. The first-order valence-electron chi connectivity index (χ1n) is 8.69. The van der Waals surface area contributed by atoms with E-state index in [-0.39, 0.29) is 30.2 Å². The number of rotatable bonds is 6. The highest BCUT2D eigenvalue weighted by atomic mass is 16.2. The Morgan fingerprint density at radius 1 is 1.36 bits per heavy atom. The van der Waals surface area contributed by atoms with Gasteiger partial charge in [0, 0.05) is 31.1 Å². The van der Waals surface area contributed by atoms with Crippen molar-refractivity contribution < 1.29 is 14.4 Å². The number of carbonyl (C=O) groups excluding carboxylic acids is 3. The van der Waals surface area contributed by atoms with Gasteiger partial charge in [-0.3, -0.25) is 19.7 Å². The first-order chi connectivity index (χ1) is 12.0. The molecule has 25 heavy (non-hydrogen) atoms. The van der Waals surface area contributed by atoms with Crippen molar-refractivity contribution in [2.75, 3.05) is 6.54 Å². The zero-order valence-corrected chi connectivity index (χ0v) is 14.4. The molecule has 1 saturated heterocycles. The Hall–Kier alpha value is -2.25. The number of nitrogens with zero attached hydrogens (tertiary/aromatic N) is 1. The highest BCUT2D eigenvalue weighted by Crippen LogP contribution is 2.29. The van der Waals surface area contributed by atoms with Crippen molar-refractivity contribution >= 4 is 17.7 Å². The van der Waals surface area contributed by atoms with Gasteiger partial charge in [0.15, 0.2) is 0 Å². The Balaban J connectivity index is 1.71. The van der Waals surface area contributed by atoms with E-state index >= 15 is 0 Å². The Morgan fingerprint density at radius 2 is 2.16 bits per heavy atom. The molecule has 0 bridgehead atoms. The molecule has 2 aliphatic heterocycles. The van der Waals surface area contributed by atoms with Crippen LogP contribution in [-0.2, 0) is 22.7 Å². The predicted octanol–water partition coefficient (Wildman–Crippen LogP) is 0.274. The molecule has 3 amide bonds. The molecule has 2 aliphatic rings. The fourth-order valence-electron chi connectivity index (χ4n) is 3.37. The maximum atomic E-state index is 12.7. The third-order valence-corrected chi connectivity index (χ3v) is 4.77. The summed E-state index contributed by atoms with van der Waals surface area (Å²) in [4.78, 5) is 37.7. The number of hydrogen-bond donors (Lipinski definition) is 3. The van der Waals surface area contributed by atoms with Gasteiger partial charge in [0.1, 0.15) is 6.04 Å². The van der Waals surface area contributed by atoms with Crippen LogP contribution in [0.4, 0.5) is 0 Å². The van der Waals surface area contributed by atoms with Gasteiger partial charge in [0.05, 0.1) is 0 Å². The lowest BCUT2D eigenvalue weighted by atomic mass is 10.0. The first kappa shape index (κ1) is 17.6. The molecule has 2 heterocycles. The van der Waals surface area contributed by atoms with E-state index in [2.05, 4.69) is 10.6 Å². The Labute approximate surface area is 146 Å². The van der Waals surface area contributed by atoms with Crippen molar-refractivity contribution in [2.45, 2.75) is 51.4 Å².